The lowest BCUT2D eigenvalue weighted by Crippen LogP contribution is -2.36. The average Bonchev–Trinajstić information content (AvgIpc) is 2.85. The molecule has 108 valence electrons. The number of likely N-dealkylation sites (N-methyl/N-ethyl adjacent to an activating group) is 1. The summed E-state index contributed by atoms with van der Waals surface area (Å²) in [7, 11) is -0.750. The van der Waals surface area contributed by atoms with Crippen LogP contribution in [0.3, 0.4) is 0 Å². The molecule has 5 nitrogen and oxygen atoms in total. The minimum Gasteiger partial charge on any atom is -0.465 e. The van der Waals surface area contributed by atoms with Crippen molar-refractivity contribution in [1.82, 2.24) is 10.2 Å². The lowest BCUT2D eigenvalue weighted by atomic mass is 10.2. The summed E-state index contributed by atoms with van der Waals surface area (Å²) in [4.78, 5) is 2.16. The number of nitrogens with zero attached hydrogens (tertiary/aromatic N) is 1. The molecule has 0 amide bonds. The highest BCUT2D eigenvalue weighted by Crippen LogP contribution is 2.11. The number of aryl methyl sites for hydroxylation is 1. The highest BCUT2D eigenvalue weighted by Gasteiger charge is 2.27. The number of rotatable bonds is 6. The van der Waals surface area contributed by atoms with Gasteiger partial charge in [-0.15, -0.1) is 0 Å². The molecule has 1 aliphatic heterocycles. The fourth-order valence-electron chi connectivity index (χ4n) is 2.33. The molecule has 19 heavy (non-hydrogen) atoms. The van der Waals surface area contributed by atoms with Crippen LogP contribution < -0.4 is 5.32 Å². The van der Waals surface area contributed by atoms with Crippen molar-refractivity contribution in [2.45, 2.75) is 25.9 Å². The van der Waals surface area contributed by atoms with E-state index in [-0.39, 0.29) is 11.8 Å². The van der Waals surface area contributed by atoms with Crippen LogP contribution in [0.2, 0.25) is 0 Å². The Morgan fingerprint density at radius 2 is 2.26 bits per heavy atom. The first-order valence-electron chi connectivity index (χ1n) is 6.62. The summed E-state index contributed by atoms with van der Waals surface area (Å²) in [5.41, 5.74) is 0. The van der Waals surface area contributed by atoms with Gasteiger partial charge in [-0.2, -0.15) is 0 Å². The summed E-state index contributed by atoms with van der Waals surface area (Å²) in [6.45, 7) is 4.39. The monoisotopic (exact) mass is 286 g/mol. The van der Waals surface area contributed by atoms with Crippen LogP contribution in [-0.2, 0) is 16.4 Å². The first-order chi connectivity index (χ1) is 8.94. The van der Waals surface area contributed by atoms with Crippen LogP contribution in [0.4, 0.5) is 0 Å². The van der Waals surface area contributed by atoms with Gasteiger partial charge >= 0.3 is 0 Å². The maximum absolute atomic E-state index is 11.3. The lowest BCUT2D eigenvalue weighted by Gasteiger charge is -2.17. The number of hydrogen-bond acceptors (Lipinski definition) is 5. The lowest BCUT2D eigenvalue weighted by molar-refractivity contribution is 0.288. The van der Waals surface area contributed by atoms with E-state index in [0.29, 0.717) is 5.75 Å². The second kappa shape index (κ2) is 6.07. The third-order valence-electron chi connectivity index (χ3n) is 3.38. The van der Waals surface area contributed by atoms with E-state index in [1.165, 1.54) is 0 Å². The molecule has 1 saturated heterocycles. The molecule has 0 aromatic carbocycles. The molecule has 0 spiro atoms. The fraction of sp³-hybridized carbons (Fsp3) is 0.692. The minimum atomic E-state index is -2.78. The summed E-state index contributed by atoms with van der Waals surface area (Å²) < 4.78 is 28.2. The Bertz CT molecular complexity index is 510. The smallest absolute Gasteiger partial charge is 0.151 e. The van der Waals surface area contributed by atoms with Gasteiger partial charge in [0.2, 0.25) is 0 Å². The Balaban J connectivity index is 1.66. The van der Waals surface area contributed by atoms with Gasteiger partial charge in [-0.05, 0) is 32.5 Å². The van der Waals surface area contributed by atoms with Gasteiger partial charge in [0.15, 0.2) is 9.84 Å². The zero-order valence-corrected chi connectivity index (χ0v) is 12.4. The van der Waals surface area contributed by atoms with Crippen molar-refractivity contribution in [3.63, 3.8) is 0 Å². The van der Waals surface area contributed by atoms with Gasteiger partial charge in [-0.25, -0.2) is 8.42 Å². The molecule has 2 heterocycles. The summed E-state index contributed by atoms with van der Waals surface area (Å²) in [6.07, 6.45) is 0.740. The second-order valence-electron chi connectivity index (χ2n) is 5.30. The fourth-order valence-corrected chi connectivity index (χ4v) is 4.04. The molecule has 1 unspecified atom stereocenters. The molecule has 2 rings (SSSR count). The third kappa shape index (κ3) is 4.63. The van der Waals surface area contributed by atoms with Crippen LogP contribution in [-0.4, -0.2) is 51.0 Å². The van der Waals surface area contributed by atoms with Crippen LogP contribution in [0, 0.1) is 6.92 Å². The summed E-state index contributed by atoms with van der Waals surface area (Å²) in [6, 6.07) is 4.08. The highest BCUT2D eigenvalue weighted by molar-refractivity contribution is 7.91. The second-order valence-corrected chi connectivity index (χ2v) is 7.53. The molecule has 0 bridgehead atoms. The highest BCUT2D eigenvalue weighted by atomic mass is 32.2. The van der Waals surface area contributed by atoms with E-state index in [1.807, 2.05) is 26.1 Å². The normalized spacial score (nSPS) is 22.2. The molecular weight excluding hydrogens is 264 g/mol. The molecule has 6 heteroatoms. The molecular formula is C13H22N2O3S. The van der Waals surface area contributed by atoms with Crippen LogP contribution in [0.25, 0.3) is 0 Å². The molecule has 1 fully saturated rings. The number of furan rings is 1. The van der Waals surface area contributed by atoms with Crippen LogP contribution >= 0.6 is 0 Å². The minimum absolute atomic E-state index is 0.129. The third-order valence-corrected chi connectivity index (χ3v) is 5.15. The van der Waals surface area contributed by atoms with Crippen molar-refractivity contribution >= 4 is 9.84 Å². The SMILES string of the molecule is Cc1ccc(CN(C)CCNC2CCS(=O)(=O)C2)o1. The van der Waals surface area contributed by atoms with E-state index in [1.54, 1.807) is 0 Å². The van der Waals surface area contributed by atoms with E-state index < -0.39 is 9.84 Å². The van der Waals surface area contributed by atoms with Crippen molar-refractivity contribution in [2.75, 3.05) is 31.6 Å². The van der Waals surface area contributed by atoms with Gasteiger partial charge in [0.1, 0.15) is 11.5 Å². The molecule has 1 aromatic rings. The Hall–Kier alpha value is -0.850. The van der Waals surface area contributed by atoms with Crippen LogP contribution in [0.1, 0.15) is 17.9 Å². The van der Waals surface area contributed by atoms with Crippen LogP contribution in [0.5, 0.6) is 0 Å². The zero-order chi connectivity index (χ0) is 13.9. The van der Waals surface area contributed by atoms with E-state index in [9.17, 15) is 8.42 Å². The van der Waals surface area contributed by atoms with Gasteiger partial charge in [0.25, 0.3) is 0 Å². The van der Waals surface area contributed by atoms with Crippen molar-refractivity contribution in [3.8, 4) is 0 Å². The first-order valence-corrected chi connectivity index (χ1v) is 8.44. The molecule has 1 aromatic heterocycles. The van der Waals surface area contributed by atoms with Gasteiger partial charge in [0, 0.05) is 19.1 Å². The average molecular weight is 286 g/mol. The quantitative estimate of drug-likeness (QED) is 0.838. The van der Waals surface area contributed by atoms with Gasteiger partial charge in [-0.1, -0.05) is 0 Å². The zero-order valence-electron chi connectivity index (χ0n) is 11.6. The Morgan fingerprint density at radius 3 is 2.84 bits per heavy atom. The number of hydrogen-bond donors (Lipinski definition) is 1. The van der Waals surface area contributed by atoms with Crippen molar-refractivity contribution in [1.29, 1.82) is 0 Å². The predicted molar refractivity (Wildman–Crippen MR) is 74.8 cm³/mol. The van der Waals surface area contributed by atoms with Gasteiger partial charge in [-0.3, -0.25) is 4.90 Å². The van der Waals surface area contributed by atoms with Crippen LogP contribution in [0.15, 0.2) is 16.5 Å². The number of nitrogens with one attached hydrogen (secondary N) is 1. The Labute approximate surface area is 114 Å². The molecule has 0 aliphatic carbocycles. The standard InChI is InChI=1S/C13H22N2O3S/c1-11-3-4-13(18-11)9-15(2)7-6-14-12-5-8-19(16,17)10-12/h3-4,12,14H,5-10H2,1-2H3. The number of sulfone groups is 1. The maximum atomic E-state index is 11.3. The van der Waals surface area contributed by atoms with E-state index in [4.69, 9.17) is 4.42 Å². The molecule has 0 radical (unpaired) electrons. The largest absolute Gasteiger partial charge is 0.465 e. The van der Waals surface area contributed by atoms with Crippen molar-refractivity contribution in [3.05, 3.63) is 23.7 Å². The van der Waals surface area contributed by atoms with E-state index in [2.05, 4.69) is 10.2 Å². The van der Waals surface area contributed by atoms with E-state index >= 15 is 0 Å². The predicted octanol–water partition coefficient (Wildman–Crippen LogP) is 0.797. The van der Waals surface area contributed by atoms with Gasteiger partial charge < -0.3 is 9.73 Å². The summed E-state index contributed by atoms with van der Waals surface area (Å²) in [5.74, 6) is 2.50. The van der Waals surface area contributed by atoms with Crippen molar-refractivity contribution in [2.24, 2.45) is 0 Å². The van der Waals surface area contributed by atoms with Crippen molar-refractivity contribution < 1.29 is 12.8 Å². The molecule has 1 N–H and O–H groups in total. The van der Waals surface area contributed by atoms with E-state index in [0.717, 1.165) is 37.6 Å². The first kappa shape index (κ1) is 14.6. The molecule has 0 saturated carbocycles. The van der Waals surface area contributed by atoms with Gasteiger partial charge in [0.05, 0.1) is 18.1 Å². The summed E-state index contributed by atoms with van der Waals surface area (Å²) >= 11 is 0. The Morgan fingerprint density at radius 1 is 1.47 bits per heavy atom. The molecule has 1 aliphatic rings. The maximum Gasteiger partial charge on any atom is 0.151 e. The Kier molecular flexibility index (Phi) is 4.65. The summed E-state index contributed by atoms with van der Waals surface area (Å²) in [5, 5.41) is 3.31. The topological polar surface area (TPSA) is 62.6 Å². The molecule has 1 atom stereocenters.